The number of aliphatic carboxylic acids is 1. The summed E-state index contributed by atoms with van der Waals surface area (Å²) < 4.78 is 5.66. The summed E-state index contributed by atoms with van der Waals surface area (Å²) in [6.45, 7) is 3.66. The molecule has 0 saturated carbocycles. The molecule has 0 bridgehead atoms. The van der Waals surface area contributed by atoms with Gasteiger partial charge in [0.2, 0.25) is 0 Å². The fourth-order valence-corrected chi connectivity index (χ4v) is 1.79. The smallest absolute Gasteiger partial charge is 0.306 e. The van der Waals surface area contributed by atoms with Crippen molar-refractivity contribution in [2.45, 2.75) is 20.3 Å². The zero-order valence-electron chi connectivity index (χ0n) is 9.36. The van der Waals surface area contributed by atoms with Crippen molar-refractivity contribution in [3.05, 3.63) is 35.6 Å². The Balaban J connectivity index is 2.38. The van der Waals surface area contributed by atoms with E-state index in [0.29, 0.717) is 6.42 Å². The highest BCUT2D eigenvalue weighted by Crippen LogP contribution is 2.26. The lowest BCUT2D eigenvalue weighted by molar-refractivity contribution is -0.141. The molecule has 2 rings (SSSR count). The Morgan fingerprint density at radius 2 is 2.12 bits per heavy atom. The van der Waals surface area contributed by atoms with Crippen LogP contribution in [0.15, 0.2) is 28.7 Å². The van der Waals surface area contributed by atoms with E-state index in [0.717, 1.165) is 22.3 Å². The summed E-state index contributed by atoms with van der Waals surface area (Å²) in [6.07, 6.45) is 0.440. The number of carbonyl (C=O) groups is 1. The van der Waals surface area contributed by atoms with Crippen LogP contribution in [0.3, 0.4) is 0 Å². The van der Waals surface area contributed by atoms with Gasteiger partial charge in [-0.15, -0.1) is 0 Å². The maximum absolute atomic E-state index is 10.8. The molecule has 0 aliphatic heterocycles. The molecular formula is C13H14O3. The van der Waals surface area contributed by atoms with E-state index < -0.39 is 11.9 Å². The average molecular weight is 218 g/mol. The van der Waals surface area contributed by atoms with Gasteiger partial charge in [-0.3, -0.25) is 4.79 Å². The van der Waals surface area contributed by atoms with Gasteiger partial charge in [0.25, 0.3) is 0 Å². The normalized spacial score (nSPS) is 12.9. The molecule has 84 valence electrons. The van der Waals surface area contributed by atoms with Crippen molar-refractivity contribution in [3.63, 3.8) is 0 Å². The number of benzene rings is 1. The van der Waals surface area contributed by atoms with E-state index in [-0.39, 0.29) is 0 Å². The fraction of sp³-hybridized carbons (Fsp3) is 0.308. The number of furan rings is 1. The van der Waals surface area contributed by atoms with Gasteiger partial charge < -0.3 is 9.52 Å². The van der Waals surface area contributed by atoms with Crippen LogP contribution in [0.4, 0.5) is 0 Å². The molecule has 1 unspecified atom stereocenters. The quantitative estimate of drug-likeness (QED) is 0.861. The molecule has 0 amide bonds. The molecule has 3 heteroatoms. The third-order valence-electron chi connectivity index (χ3n) is 2.86. The average Bonchev–Trinajstić information content (AvgIpc) is 2.56. The van der Waals surface area contributed by atoms with Crippen molar-refractivity contribution >= 4 is 16.9 Å². The van der Waals surface area contributed by atoms with E-state index in [1.54, 1.807) is 6.92 Å². The van der Waals surface area contributed by atoms with Crippen LogP contribution in [-0.2, 0) is 11.2 Å². The standard InChI is InChI=1S/C13H14O3/c1-8(13(14)15)7-12-9(2)10-5-3-4-6-11(10)16-12/h3-6,8H,7H2,1-2H3,(H,14,15). The first-order chi connectivity index (χ1) is 7.59. The molecule has 2 aromatic rings. The highest BCUT2D eigenvalue weighted by Gasteiger charge is 2.17. The van der Waals surface area contributed by atoms with Crippen LogP contribution in [0.5, 0.6) is 0 Å². The molecule has 3 nitrogen and oxygen atoms in total. The number of hydrogen-bond acceptors (Lipinski definition) is 2. The van der Waals surface area contributed by atoms with Crippen LogP contribution < -0.4 is 0 Å². The van der Waals surface area contributed by atoms with Crippen molar-refractivity contribution in [2.75, 3.05) is 0 Å². The molecular weight excluding hydrogens is 204 g/mol. The van der Waals surface area contributed by atoms with Gasteiger partial charge in [0, 0.05) is 11.8 Å². The summed E-state index contributed by atoms with van der Waals surface area (Å²) in [6, 6.07) is 7.76. The third kappa shape index (κ3) is 1.81. The predicted molar refractivity (Wildman–Crippen MR) is 61.5 cm³/mol. The molecule has 1 atom stereocenters. The van der Waals surface area contributed by atoms with Crippen LogP contribution in [0.2, 0.25) is 0 Å². The monoisotopic (exact) mass is 218 g/mol. The molecule has 1 heterocycles. The third-order valence-corrected chi connectivity index (χ3v) is 2.86. The minimum absolute atomic E-state index is 0.417. The Kier molecular flexibility index (Phi) is 2.69. The van der Waals surface area contributed by atoms with Gasteiger partial charge >= 0.3 is 5.97 Å². The lowest BCUT2D eigenvalue weighted by Crippen LogP contribution is -2.12. The van der Waals surface area contributed by atoms with Crippen molar-refractivity contribution in [2.24, 2.45) is 5.92 Å². The molecule has 0 spiro atoms. The topological polar surface area (TPSA) is 50.4 Å². The number of fused-ring (bicyclic) bond motifs is 1. The van der Waals surface area contributed by atoms with Gasteiger partial charge in [0.15, 0.2) is 0 Å². The minimum atomic E-state index is -0.792. The molecule has 0 aliphatic carbocycles. The second kappa shape index (κ2) is 4.00. The van der Waals surface area contributed by atoms with Gasteiger partial charge in [-0.25, -0.2) is 0 Å². The summed E-state index contributed by atoms with van der Waals surface area (Å²) in [7, 11) is 0. The Morgan fingerprint density at radius 1 is 1.44 bits per heavy atom. The Hall–Kier alpha value is -1.77. The molecule has 0 aliphatic rings. The summed E-state index contributed by atoms with van der Waals surface area (Å²) in [5, 5.41) is 9.93. The molecule has 1 aromatic heterocycles. The van der Waals surface area contributed by atoms with E-state index in [9.17, 15) is 4.79 Å². The first-order valence-electron chi connectivity index (χ1n) is 5.29. The molecule has 1 N–H and O–H groups in total. The number of aryl methyl sites for hydroxylation is 1. The Labute approximate surface area is 93.7 Å². The molecule has 0 fully saturated rings. The lowest BCUT2D eigenvalue weighted by Gasteiger charge is -2.03. The maximum Gasteiger partial charge on any atom is 0.306 e. The van der Waals surface area contributed by atoms with E-state index in [1.165, 1.54) is 0 Å². The molecule has 0 radical (unpaired) electrons. The summed E-state index contributed by atoms with van der Waals surface area (Å²) in [5.74, 6) is -0.435. The minimum Gasteiger partial charge on any atom is -0.481 e. The van der Waals surface area contributed by atoms with Gasteiger partial charge in [-0.2, -0.15) is 0 Å². The fourth-order valence-electron chi connectivity index (χ4n) is 1.79. The number of carboxylic acid groups (broad SMARTS) is 1. The van der Waals surface area contributed by atoms with E-state index in [1.807, 2.05) is 31.2 Å². The van der Waals surface area contributed by atoms with Crippen LogP contribution in [0.1, 0.15) is 18.2 Å². The van der Waals surface area contributed by atoms with Crippen LogP contribution in [-0.4, -0.2) is 11.1 Å². The largest absolute Gasteiger partial charge is 0.481 e. The lowest BCUT2D eigenvalue weighted by atomic mass is 10.0. The second-order valence-corrected chi connectivity index (χ2v) is 4.09. The van der Waals surface area contributed by atoms with Crippen molar-refractivity contribution in [1.29, 1.82) is 0 Å². The Bertz CT molecular complexity index is 525. The SMILES string of the molecule is Cc1c(CC(C)C(=O)O)oc2ccccc12. The van der Waals surface area contributed by atoms with E-state index >= 15 is 0 Å². The van der Waals surface area contributed by atoms with Crippen molar-refractivity contribution in [1.82, 2.24) is 0 Å². The van der Waals surface area contributed by atoms with Gasteiger partial charge in [-0.1, -0.05) is 25.1 Å². The zero-order valence-corrected chi connectivity index (χ0v) is 9.36. The summed E-state index contributed by atoms with van der Waals surface area (Å²) in [5.41, 5.74) is 1.87. The molecule has 1 aromatic carbocycles. The predicted octanol–water partition coefficient (Wildman–Crippen LogP) is 3.00. The van der Waals surface area contributed by atoms with Crippen molar-refractivity contribution in [3.8, 4) is 0 Å². The van der Waals surface area contributed by atoms with Crippen LogP contribution in [0, 0.1) is 12.8 Å². The molecule has 16 heavy (non-hydrogen) atoms. The zero-order chi connectivity index (χ0) is 11.7. The number of carboxylic acids is 1. The van der Waals surface area contributed by atoms with E-state index in [2.05, 4.69) is 0 Å². The van der Waals surface area contributed by atoms with E-state index in [4.69, 9.17) is 9.52 Å². The van der Waals surface area contributed by atoms with Gasteiger partial charge in [0.1, 0.15) is 11.3 Å². The number of rotatable bonds is 3. The Morgan fingerprint density at radius 3 is 2.75 bits per heavy atom. The second-order valence-electron chi connectivity index (χ2n) is 4.09. The van der Waals surface area contributed by atoms with Crippen molar-refractivity contribution < 1.29 is 14.3 Å². The van der Waals surface area contributed by atoms with Gasteiger partial charge in [-0.05, 0) is 18.6 Å². The van der Waals surface area contributed by atoms with Crippen LogP contribution in [0.25, 0.3) is 11.0 Å². The summed E-state index contributed by atoms with van der Waals surface area (Å²) >= 11 is 0. The summed E-state index contributed by atoms with van der Waals surface area (Å²) in [4.78, 5) is 10.8. The highest BCUT2D eigenvalue weighted by molar-refractivity contribution is 5.82. The highest BCUT2D eigenvalue weighted by atomic mass is 16.4. The number of para-hydroxylation sites is 1. The van der Waals surface area contributed by atoms with Crippen LogP contribution >= 0.6 is 0 Å². The molecule has 0 saturated heterocycles. The maximum atomic E-state index is 10.8. The first kappa shape index (κ1) is 10.7. The number of hydrogen-bond donors (Lipinski definition) is 1. The first-order valence-corrected chi connectivity index (χ1v) is 5.29. The van der Waals surface area contributed by atoms with Gasteiger partial charge in [0.05, 0.1) is 5.92 Å².